The summed E-state index contributed by atoms with van der Waals surface area (Å²) in [5.74, 6) is 0.457. The first kappa shape index (κ1) is 24.6. The summed E-state index contributed by atoms with van der Waals surface area (Å²) >= 11 is 0. The van der Waals surface area contributed by atoms with Crippen LogP contribution in [0, 0.1) is 6.92 Å². The van der Waals surface area contributed by atoms with Crippen molar-refractivity contribution in [1.29, 1.82) is 0 Å². The molecule has 8 nitrogen and oxygen atoms in total. The summed E-state index contributed by atoms with van der Waals surface area (Å²) in [6.45, 7) is 4.47. The van der Waals surface area contributed by atoms with E-state index in [4.69, 9.17) is 0 Å². The molecule has 1 aliphatic carbocycles. The molecule has 8 heteroatoms. The van der Waals surface area contributed by atoms with Gasteiger partial charge < -0.3 is 10.4 Å². The van der Waals surface area contributed by atoms with E-state index in [1.807, 2.05) is 37.3 Å². The van der Waals surface area contributed by atoms with Crippen molar-refractivity contribution in [3.8, 4) is 0 Å². The van der Waals surface area contributed by atoms with Gasteiger partial charge in [0.05, 0.1) is 18.7 Å². The zero-order valence-corrected chi connectivity index (χ0v) is 21.2. The maximum Gasteiger partial charge on any atom is 0.322 e. The molecule has 1 aliphatic rings. The lowest BCUT2D eigenvalue weighted by molar-refractivity contribution is 0.176. The zero-order valence-electron chi connectivity index (χ0n) is 21.2. The van der Waals surface area contributed by atoms with E-state index in [1.54, 1.807) is 4.90 Å². The molecule has 0 bridgehead atoms. The van der Waals surface area contributed by atoms with Gasteiger partial charge in [-0.1, -0.05) is 65.4 Å². The molecule has 0 spiro atoms. The predicted molar refractivity (Wildman–Crippen MR) is 142 cm³/mol. The molecule has 1 heterocycles. The standard InChI is InChI=1S/C29H32N6O2/c1-19-6-10-22(11-7-19)20(2)30-29(37)35(26-15-14-23-4-3-5-25(23)16-26)18-21-8-12-24(13-9-21)27(36)17-28-31-33-34-32-28/h6-16,20,27,36H,3-5,17-18H2,1-2H3,(H,30,37)(H,31,32,33,34). The maximum absolute atomic E-state index is 13.6. The number of nitrogens with zero attached hydrogens (tertiary/aromatic N) is 4. The molecule has 2 atom stereocenters. The Kier molecular flexibility index (Phi) is 7.28. The second-order valence-electron chi connectivity index (χ2n) is 9.76. The highest BCUT2D eigenvalue weighted by molar-refractivity contribution is 5.92. The number of aryl methyl sites for hydroxylation is 3. The number of hydrogen-bond acceptors (Lipinski definition) is 5. The Bertz CT molecular complexity index is 1340. The van der Waals surface area contributed by atoms with Crippen LogP contribution in [0.1, 0.15) is 64.7 Å². The van der Waals surface area contributed by atoms with Gasteiger partial charge in [-0.05, 0) is 73.1 Å². The molecule has 2 unspecified atom stereocenters. The van der Waals surface area contributed by atoms with Gasteiger partial charge in [-0.25, -0.2) is 4.79 Å². The van der Waals surface area contributed by atoms with Crippen LogP contribution in [0.4, 0.5) is 10.5 Å². The molecule has 0 fully saturated rings. The summed E-state index contributed by atoms with van der Waals surface area (Å²) in [6.07, 6.45) is 2.84. The van der Waals surface area contributed by atoms with E-state index in [0.29, 0.717) is 12.4 Å². The fourth-order valence-electron chi connectivity index (χ4n) is 4.80. The fourth-order valence-corrected chi connectivity index (χ4v) is 4.80. The van der Waals surface area contributed by atoms with Crippen molar-refractivity contribution >= 4 is 11.7 Å². The van der Waals surface area contributed by atoms with Crippen molar-refractivity contribution in [2.24, 2.45) is 0 Å². The third kappa shape index (κ3) is 5.86. The Balaban J connectivity index is 1.35. The molecule has 190 valence electrons. The highest BCUT2D eigenvalue weighted by Crippen LogP contribution is 2.28. The van der Waals surface area contributed by atoms with Crippen molar-refractivity contribution in [3.05, 3.63) is 106 Å². The SMILES string of the molecule is Cc1ccc(C(C)NC(=O)N(Cc2ccc(C(O)Cc3nn[nH]n3)cc2)c2ccc3c(c2)CCC3)cc1. The van der Waals surface area contributed by atoms with E-state index in [2.05, 4.69) is 69.3 Å². The molecule has 0 radical (unpaired) electrons. The summed E-state index contributed by atoms with van der Waals surface area (Å²) in [4.78, 5) is 15.4. The van der Waals surface area contributed by atoms with Crippen LogP contribution >= 0.6 is 0 Å². The largest absolute Gasteiger partial charge is 0.388 e. The summed E-state index contributed by atoms with van der Waals surface area (Å²) in [5, 5.41) is 27.5. The minimum atomic E-state index is -0.738. The van der Waals surface area contributed by atoms with E-state index >= 15 is 0 Å². The van der Waals surface area contributed by atoms with Crippen LogP contribution in [0.2, 0.25) is 0 Å². The highest BCUT2D eigenvalue weighted by Gasteiger charge is 2.21. The number of aromatic nitrogens is 4. The van der Waals surface area contributed by atoms with Crippen LogP contribution in [0.15, 0.2) is 66.7 Å². The number of rotatable bonds is 8. The summed E-state index contributed by atoms with van der Waals surface area (Å²) < 4.78 is 0. The molecule has 0 saturated heterocycles. The minimum absolute atomic E-state index is 0.132. The molecular formula is C29H32N6O2. The van der Waals surface area contributed by atoms with Crippen LogP contribution in [0.3, 0.4) is 0 Å². The van der Waals surface area contributed by atoms with Crippen molar-refractivity contribution in [1.82, 2.24) is 25.9 Å². The number of benzene rings is 3. The molecule has 4 aromatic rings. The normalized spacial score (nSPS) is 14.1. The van der Waals surface area contributed by atoms with E-state index in [9.17, 15) is 9.90 Å². The summed E-state index contributed by atoms with van der Waals surface area (Å²) in [6, 6.07) is 22.0. The number of fused-ring (bicyclic) bond motifs is 1. The Morgan fingerprint density at radius 3 is 2.49 bits per heavy atom. The van der Waals surface area contributed by atoms with Crippen molar-refractivity contribution in [2.45, 2.75) is 58.2 Å². The number of aromatic amines is 1. The number of carbonyl (C=O) groups excluding carboxylic acids is 1. The second-order valence-corrected chi connectivity index (χ2v) is 9.76. The molecule has 2 amide bonds. The number of amides is 2. The van der Waals surface area contributed by atoms with Gasteiger partial charge in [0, 0.05) is 12.1 Å². The molecule has 5 rings (SSSR count). The topological polar surface area (TPSA) is 107 Å². The molecular weight excluding hydrogens is 464 g/mol. The molecule has 1 aromatic heterocycles. The van der Waals surface area contributed by atoms with Gasteiger partial charge in [0.15, 0.2) is 5.82 Å². The fraction of sp³-hybridized carbons (Fsp3) is 0.310. The number of nitrogens with one attached hydrogen (secondary N) is 2. The molecule has 37 heavy (non-hydrogen) atoms. The lowest BCUT2D eigenvalue weighted by atomic mass is 10.0. The number of H-pyrrole nitrogens is 1. The Hall–Kier alpha value is -4.04. The summed E-state index contributed by atoms with van der Waals surface area (Å²) in [7, 11) is 0. The van der Waals surface area contributed by atoms with Gasteiger partial charge in [0.2, 0.25) is 0 Å². The van der Waals surface area contributed by atoms with E-state index in [0.717, 1.165) is 41.6 Å². The summed E-state index contributed by atoms with van der Waals surface area (Å²) in [5.41, 5.74) is 7.55. The third-order valence-corrected chi connectivity index (χ3v) is 7.03. The van der Waals surface area contributed by atoms with Gasteiger partial charge in [-0.2, -0.15) is 5.21 Å². The first-order valence-electron chi connectivity index (χ1n) is 12.7. The van der Waals surface area contributed by atoms with Gasteiger partial charge >= 0.3 is 6.03 Å². The molecule has 3 aromatic carbocycles. The third-order valence-electron chi connectivity index (χ3n) is 7.03. The number of urea groups is 1. The average molecular weight is 497 g/mol. The Morgan fingerprint density at radius 2 is 1.76 bits per heavy atom. The minimum Gasteiger partial charge on any atom is -0.388 e. The number of aliphatic hydroxyl groups excluding tert-OH is 1. The van der Waals surface area contributed by atoms with Gasteiger partial charge in [0.25, 0.3) is 0 Å². The van der Waals surface area contributed by atoms with Crippen molar-refractivity contribution in [3.63, 3.8) is 0 Å². The Morgan fingerprint density at radius 1 is 1.03 bits per heavy atom. The maximum atomic E-state index is 13.6. The van der Waals surface area contributed by atoms with Crippen LogP contribution in [-0.4, -0.2) is 31.8 Å². The molecule has 0 aliphatic heterocycles. The molecule has 3 N–H and O–H groups in total. The quantitative estimate of drug-likeness (QED) is 0.326. The lowest BCUT2D eigenvalue weighted by Gasteiger charge is -2.26. The first-order valence-corrected chi connectivity index (χ1v) is 12.7. The van der Waals surface area contributed by atoms with E-state index in [1.165, 1.54) is 16.7 Å². The zero-order chi connectivity index (χ0) is 25.8. The highest BCUT2D eigenvalue weighted by atomic mass is 16.3. The lowest BCUT2D eigenvalue weighted by Crippen LogP contribution is -2.41. The van der Waals surface area contributed by atoms with Gasteiger partial charge in [-0.15, -0.1) is 10.2 Å². The van der Waals surface area contributed by atoms with Crippen LogP contribution in [0.5, 0.6) is 0 Å². The number of carbonyl (C=O) groups is 1. The number of anilines is 1. The smallest absolute Gasteiger partial charge is 0.322 e. The van der Waals surface area contributed by atoms with E-state index in [-0.39, 0.29) is 18.5 Å². The molecule has 0 saturated carbocycles. The monoisotopic (exact) mass is 496 g/mol. The predicted octanol–water partition coefficient (Wildman–Crippen LogP) is 4.75. The first-order chi connectivity index (χ1) is 18.0. The van der Waals surface area contributed by atoms with Gasteiger partial charge in [-0.3, -0.25) is 4.90 Å². The van der Waals surface area contributed by atoms with Gasteiger partial charge in [0.1, 0.15) is 0 Å². The number of aliphatic hydroxyl groups is 1. The van der Waals surface area contributed by atoms with E-state index < -0.39 is 6.10 Å². The number of tetrazole rings is 1. The second kappa shape index (κ2) is 10.9. The number of hydrogen-bond donors (Lipinski definition) is 3. The van der Waals surface area contributed by atoms with Crippen LogP contribution in [0.25, 0.3) is 0 Å². The van der Waals surface area contributed by atoms with Crippen LogP contribution < -0.4 is 10.2 Å². The van der Waals surface area contributed by atoms with Crippen molar-refractivity contribution in [2.75, 3.05) is 4.90 Å². The van der Waals surface area contributed by atoms with Crippen molar-refractivity contribution < 1.29 is 9.90 Å². The Labute approximate surface area is 216 Å². The van der Waals surface area contributed by atoms with Crippen LogP contribution in [-0.2, 0) is 25.8 Å². The average Bonchev–Trinajstić information content (AvgIpc) is 3.59.